The van der Waals surface area contributed by atoms with E-state index >= 15 is 0 Å². The van der Waals surface area contributed by atoms with Crippen molar-refractivity contribution < 1.29 is 14.3 Å². The molecule has 0 saturated carbocycles. The van der Waals surface area contributed by atoms with Gasteiger partial charge in [-0.25, -0.2) is 4.79 Å². The number of rotatable bonds is 6. The molecule has 3 rings (SSSR count). The highest BCUT2D eigenvalue weighted by molar-refractivity contribution is 7.18. The van der Waals surface area contributed by atoms with E-state index in [4.69, 9.17) is 10.5 Å². The van der Waals surface area contributed by atoms with E-state index in [0.717, 1.165) is 30.7 Å². The molecular weight excluding hydrogens is 364 g/mol. The predicted octanol–water partition coefficient (Wildman–Crippen LogP) is 2.54. The molecule has 1 amide bonds. The minimum absolute atomic E-state index is 0.230. The molecule has 146 valence electrons. The number of anilines is 1. The zero-order chi connectivity index (χ0) is 19.6. The number of nitrogens with two attached hydrogens (primary N) is 1. The quantitative estimate of drug-likeness (QED) is 0.740. The zero-order valence-corrected chi connectivity index (χ0v) is 16.8. The van der Waals surface area contributed by atoms with Crippen LogP contribution < -0.4 is 11.1 Å². The van der Waals surface area contributed by atoms with Gasteiger partial charge >= 0.3 is 5.97 Å². The third kappa shape index (κ3) is 3.72. The topological polar surface area (TPSA) is 89.6 Å². The van der Waals surface area contributed by atoms with Crippen LogP contribution in [0, 0.1) is 0 Å². The average molecular weight is 391 g/mol. The van der Waals surface area contributed by atoms with Crippen LogP contribution in [0.2, 0.25) is 0 Å². The van der Waals surface area contributed by atoms with E-state index in [-0.39, 0.29) is 18.6 Å². The van der Waals surface area contributed by atoms with Crippen molar-refractivity contribution in [3.8, 4) is 0 Å². The molecular formula is C19H26N4O3S. The average Bonchev–Trinajstić information content (AvgIpc) is 3.34. The molecule has 0 aliphatic carbocycles. The van der Waals surface area contributed by atoms with E-state index in [0.29, 0.717) is 27.5 Å². The number of esters is 1. The summed E-state index contributed by atoms with van der Waals surface area (Å²) in [5.74, 6) is -0.696. The molecule has 27 heavy (non-hydrogen) atoms. The first-order valence-corrected chi connectivity index (χ1v) is 9.95. The molecule has 2 aromatic heterocycles. The molecule has 3 heterocycles. The van der Waals surface area contributed by atoms with Crippen LogP contribution in [0.4, 0.5) is 5.00 Å². The van der Waals surface area contributed by atoms with Crippen molar-refractivity contribution in [3.63, 3.8) is 0 Å². The summed E-state index contributed by atoms with van der Waals surface area (Å²) in [5, 5.41) is 2.98. The Bertz CT molecular complexity index is 842. The first-order chi connectivity index (χ1) is 13.0. The minimum Gasteiger partial charge on any atom is -0.462 e. The van der Waals surface area contributed by atoms with Crippen molar-refractivity contribution in [2.45, 2.75) is 32.4 Å². The summed E-state index contributed by atoms with van der Waals surface area (Å²) in [6, 6.07) is 4.41. The smallest absolute Gasteiger partial charge is 0.341 e. The van der Waals surface area contributed by atoms with Gasteiger partial charge in [0.2, 0.25) is 0 Å². The number of nitrogens with zero attached hydrogens (tertiary/aromatic N) is 2. The standard InChI is InChI=1S/C19H26N4O3S/c1-4-26-19(25)15-12(16(18(24)21-2)27-17(15)20)11-23-10-6-8-14(23)13-7-5-9-22(13)3/h5,7,9,14H,4,6,8,10-11,20H2,1-3H3,(H,21,24)/t14-/m0/s1. The molecule has 3 N–H and O–H groups in total. The Balaban J connectivity index is 1.98. The first kappa shape index (κ1) is 19.4. The number of aryl methyl sites for hydroxylation is 1. The van der Waals surface area contributed by atoms with Gasteiger partial charge in [-0.15, -0.1) is 11.3 Å². The Kier molecular flexibility index (Phi) is 5.86. The highest BCUT2D eigenvalue weighted by Crippen LogP contribution is 2.38. The fourth-order valence-corrected chi connectivity index (χ4v) is 4.75. The van der Waals surface area contributed by atoms with Gasteiger partial charge in [0.25, 0.3) is 5.91 Å². The largest absolute Gasteiger partial charge is 0.462 e. The van der Waals surface area contributed by atoms with Crippen molar-refractivity contribution in [1.82, 2.24) is 14.8 Å². The molecule has 0 spiro atoms. The van der Waals surface area contributed by atoms with Crippen molar-refractivity contribution >= 4 is 28.2 Å². The number of nitrogen functional groups attached to an aromatic ring is 1. The summed E-state index contributed by atoms with van der Waals surface area (Å²) in [4.78, 5) is 27.7. The van der Waals surface area contributed by atoms with Crippen LogP contribution in [0.5, 0.6) is 0 Å². The van der Waals surface area contributed by atoms with Gasteiger partial charge in [0.05, 0.1) is 23.1 Å². The van der Waals surface area contributed by atoms with Crippen molar-refractivity contribution in [2.24, 2.45) is 7.05 Å². The second-order valence-corrected chi connectivity index (χ2v) is 7.67. The van der Waals surface area contributed by atoms with E-state index in [1.54, 1.807) is 14.0 Å². The summed E-state index contributed by atoms with van der Waals surface area (Å²) in [5.41, 5.74) is 8.33. The lowest BCUT2D eigenvalue weighted by Gasteiger charge is -2.25. The number of aromatic nitrogens is 1. The normalized spacial score (nSPS) is 17.2. The molecule has 0 bridgehead atoms. The number of hydrogen-bond donors (Lipinski definition) is 2. The minimum atomic E-state index is -0.467. The summed E-state index contributed by atoms with van der Waals surface area (Å²) >= 11 is 1.15. The van der Waals surface area contributed by atoms with E-state index in [2.05, 4.69) is 20.9 Å². The van der Waals surface area contributed by atoms with Crippen molar-refractivity contribution in [2.75, 3.05) is 25.9 Å². The van der Waals surface area contributed by atoms with Crippen LogP contribution in [0.25, 0.3) is 0 Å². The number of hydrogen-bond acceptors (Lipinski definition) is 6. The number of carbonyl (C=O) groups is 2. The van der Waals surface area contributed by atoms with Gasteiger partial charge in [-0.05, 0) is 38.4 Å². The summed E-state index contributed by atoms with van der Waals surface area (Å²) in [6.07, 6.45) is 4.15. The van der Waals surface area contributed by atoms with E-state index in [9.17, 15) is 9.59 Å². The van der Waals surface area contributed by atoms with E-state index < -0.39 is 5.97 Å². The first-order valence-electron chi connectivity index (χ1n) is 9.13. The lowest BCUT2D eigenvalue weighted by molar-refractivity contribution is 0.0525. The molecule has 2 aromatic rings. The number of ether oxygens (including phenoxy) is 1. The highest BCUT2D eigenvalue weighted by atomic mass is 32.1. The number of nitrogens with one attached hydrogen (secondary N) is 1. The number of likely N-dealkylation sites (tertiary alicyclic amines) is 1. The number of amides is 1. The van der Waals surface area contributed by atoms with Crippen molar-refractivity contribution in [3.05, 3.63) is 40.0 Å². The molecule has 8 heteroatoms. The molecule has 0 aromatic carbocycles. The molecule has 7 nitrogen and oxygen atoms in total. The Hall–Kier alpha value is -2.32. The van der Waals surface area contributed by atoms with Gasteiger partial charge in [-0.2, -0.15) is 0 Å². The molecule has 0 radical (unpaired) electrons. The van der Waals surface area contributed by atoms with Gasteiger partial charge in [0.1, 0.15) is 5.00 Å². The van der Waals surface area contributed by atoms with Gasteiger partial charge in [0, 0.05) is 38.1 Å². The zero-order valence-electron chi connectivity index (χ0n) is 15.9. The van der Waals surface area contributed by atoms with E-state index in [1.807, 2.05) is 19.3 Å². The Morgan fingerprint density at radius 3 is 2.85 bits per heavy atom. The van der Waals surface area contributed by atoms with Gasteiger partial charge in [-0.1, -0.05) is 0 Å². The van der Waals surface area contributed by atoms with Crippen LogP contribution in [-0.2, 0) is 18.3 Å². The lowest BCUT2D eigenvalue weighted by atomic mass is 10.1. The molecule has 0 unspecified atom stereocenters. The van der Waals surface area contributed by atoms with Gasteiger partial charge in [-0.3, -0.25) is 9.69 Å². The van der Waals surface area contributed by atoms with Gasteiger partial charge < -0.3 is 20.4 Å². The Morgan fingerprint density at radius 1 is 1.44 bits per heavy atom. The monoisotopic (exact) mass is 390 g/mol. The van der Waals surface area contributed by atoms with Crippen LogP contribution in [0.15, 0.2) is 18.3 Å². The fourth-order valence-electron chi connectivity index (χ4n) is 3.73. The van der Waals surface area contributed by atoms with E-state index in [1.165, 1.54) is 5.69 Å². The maximum Gasteiger partial charge on any atom is 0.341 e. The predicted molar refractivity (Wildman–Crippen MR) is 106 cm³/mol. The second-order valence-electron chi connectivity index (χ2n) is 6.62. The molecule has 1 saturated heterocycles. The molecule has 1 fully saturated rings. The maximum absolute atomic E-state index is 12.5. The highest BCUT2D eigenvalue weighted by Gasteiger charge is 2.32. The van der Waals surface area contributed by atoms with Crippen molar-refractivity contribution in [1.29, 1.82) is 0 Å². The van der Waals surface area contributed by atoms with Crippen LogP contribution >= 0.6 is 11.3 Å². The molecule has 1 atom stereocenters. The lowest BCUT2D eigenvalue weighted by Crippen LogP contribution is -2.27. The number of carbonyl (C=O) groups excluding carboxylic acids is 2. The SMILES string of the molecule is CCOC(=O)c1c(N)sc(C(=O)NC)c1CN1CCC[C@H]1c1cccn1C. The Morgan fingerprint density at radius 2 is 2.22 bits per heavy atom. The third-order valence-corrected chi connectivity index (χ3v) is 6.06. The van der Waals surface area contributed by atoms with Crippen LogP contribution in [0.3, 0.4) is 0 Å². The van der Waals surface area contributed by atoms with Crippen LogP contribution in [-0.4, -0.2) is 41.5 Å². The third-order valence-electron chi connectivity index (χ3n) is 5.00. The summed E-state index contributed by atoms with van der Waals surface area (Å²) in [7, 11) is 3.61. The summed E-state index contributed by atoms with van der Waals surface area (Å²) < 4.78 is 7.31. The Labute approximate surface area is 163 Å². The van der Waals surface area contributed by atoms with Crippen LogP contribution in [0.1, 0.15) is 57.1 Å². The maximum atomic E-state index is 12.5. The second kappa shape index (κ2) is 8.14. The fraction of sp³-hybridized carbons (Fsp3) is 0.474. The number of thiophene rings is 1. The molecule has 1 aliphatic heterocycles. The molecule has 1 aliphatic rings. The summed E-state index contributed by atoms with van der Waals surface area (Å²) in [6.45, 7) is 3.41. The van der Waals surface area contributed by atoms with Gasteiger partial charge in [0.15, 0.2) is 0 Å².